The average molecular weight is 309 g/mol. The maximum atomic E-state index is 10.1. The van der Waals surface area contributed by atoms with E-state index in [1.807, 2.05) is 36.4 Å². The normalized spacial score (nSPS) is 21.9. The molecule has 1 aliphatic rings. The summed E-state index contributed by atoms with van der Waals surface area (Å²) in [5, 5.41) is 37.2. The predicted molar refractivity (Wildman–Crippen MR) is 91.8 cm³/mol. The Morgan fingerprint density at radius 2 is 1.70 bits per heavy atom. The maximum Gasteiger partial charge on any atom is 0.125 e. The van der Waals surface area contributed by atoms with Crippen molar-refractivity contribution in [3.05, 3.63) is 48.0 Å². The number of phenols is 1. The van der Waals surface area contributed by atoms with Crippen LogP contribution in [0.25, 0.3) is 21.5 Å². The lowest BCUT2D eigenvalue weighted by Crippen LogP contribution is -2.32. The number of benzene rings is 3. The molecular weight excluding hydrogens is 290 g/mol. The van der Waals surface area contributed by atoms with Crippen molar-refractivity contribution in [3.63, 3.8) is 0 Å². The Hall–Kier alpha value is -2.30. The highest BCUT2D eigenvalue weighted by molar-refractivity contribution is 6.13. The van der Waals surface area contributed by atoms with Gasteiger partial charge in [0.1, 0.15) is 12.0 Å². The van der Waals surface area contributed by atoms with E-state index in [0.717, 1.165) is 32.8 Å². The van der Waals surface area contributed by atoms with Gasteiger partial charge in [-0.15, -0.1) is 0 Å². The molecule has 0 spiro atoms. The zero-order valence-electron chi connectivity index (χ0n) is 12.8. The van der Waals surface area contributed by atoms with Gasteiger partial charge < -0.3 is 20.6 Å². The minimum atomic E-state index is -0.674. The number of anilines is 1. The van der Waals surface area contributed by atoms with Gasteiger partial charge in [-0.05, 0) is 35.4 Å². The first-order valence-corrected chi connectivity index (χ1v) is 7.86. The largest absolute Gasteiger partial charge is 0.507 e. The van der Waals surface area contributed by atoms with Crippen LogP contribution < -0.4 is 5.32 Å². The van der Waals surface area contributed by atoms with E-state index in [-0.39, 0.29) is 11.7 Å². The second-order valence-electron chi connectivity index (χ2n) is 6.31. The maximum absolute atomic E-state index is 10.1. The smallest absolute Gasteiger partial charge is 0.125 e. The lowest BCUT2D eigenvalue weighted by molar-refractivity contribution is 0.111. The van der Waals surface area contributed by atoms with E-state index >= 15 is 0 Å². The summed E-state index contributed by atoms with van der Waals surface area (Å²) < 4.78 is 0. The van der Waals surface area contributed by atoms with Crippen molar-refractivity contribution in [3.8, 4) is 5.75 Å². The highest BCUT2D eigenvalue weighted by atomic mass is 16.3. The number of aromatic hydroxyl groups is 1. The Morgan fingerprint density at radius 3 is 2.48 bits per heavy atom. The van der Waals surface area contributed by atoms with Crippen molar-refractivity contribution in [2.75, 3.05) is 5.32 Å². The van der Waals surface area contributed by atoms with Crippen molar-refractivity contribution in [2.24, 2.45) is 0 Å². The average Bonchev–Trinajstić information content (AvgIpc) is 2.53. The molecule has 3 aromatic rings. The molecule has 0 aromatic heterocycles. The number of hydrogen-bond acceptors (Lipinski definition) is 4. The fraction of sp³-hybridized carbons (Fsp3) is 0.263. The number of aliphatic hydroxyl groups is 2. The van der Waals surface area contributed by atoms with Crippen molar-refractivity contribution in [1.82, 2.24) is 0 Å². The summed E-state index contributed by atoms with van der Waals surface area (Å²) >= 11 is 0. The minimum Gasteiger partial charge on any atom is -0.507 e. The van der Waals surface area contributed by atoms with E-state index in [0.29, 0.717) is 6.42 Å². The van der Waals surface area contributed by atoms with E-state index in [4.69, 9.17) is 0 Å². The molecule has 4 rings (SSSR count). The van der Waals surface area contributed by atoms with E-state index in [2.05, 4.69) is 5.32 Å². The first-order valence-electron chi connectivity index (χ1n) is 7.86. The van der Waals surface area contributed by atoms with Gasteiger partial charge in [-0.2, -0.15) is 0 Å². The standard InChI is InChI=1S/C19H19NO3/c1-10(21)16-9-18(23)20-19-14-8-6-13-11(3-2-4-17(13)22)12(14)5-7-15(16)19/h2-8,10,16,18,20-23H,9H2,1H3. The second-order valence-corrected chi connectivity index (χ2v) is 6.31. The molecule has 0 aliphatic carbocycles. The number of nitrogens with one attached hydrogen (secondary N) is 1. The van der Waals surface area contributed by atoms with Gasteiger partial charge in [0.2, 0.25) is 0 Å². The zero-order chi connectivity index (χ0) is 16.1. The first-order chi connectivity index (χ1) is 11.1. The monoisotopic (exact) mass is 309 g/mol. The highest BCUT2D eigenvalue weighted by Crippen LogP contribution is 2.42. The second kappa shape index (κ2) is 5.11. The van der Waals surface area contributed by atoms with Crippen LogP contribution in [0, 0.1) is 0 Å². The predicted octanol–water partition coefficient (Wildman–Crippen LogP) is 3.30. The molecule has 4 heteroatoms. The van der Waals surface area contributed by atoms with E-state index in [1.165, 1.54) is 0 Å². The molecule has 3 aromatic carbocycles. The van der Waals surface area contributed by atoms with Crippen LogP contribution in [-0.4, -0.2) is 27.7 Å². The van der Waals surface area contributed by atoms with Gasteiger partial charge in [0.05, 0.1) is 6.10 Å². The lowest BCUT2D eigenvalue weighted by atomic mass is 9.84. The summed E-state index contributed by atoms with van der Waals surface area (Å²) in [7, 11) is 0. The molecule has 0 bridgehead atoms. The molecule has 1 heterocycles. The molecule has 3 atom stereocenters. The lowest BCUT2D eigenvalue weighted by Gasteiger charge is -2.33. The molecule has 23 heavy (non-hydrogen) atoms. The van der Waals surface area contributed by atoms with Gasteiger partial charge in [-0.3, -0.25) is 0 Å². The summed E-state index contributed by atoms with van der Waals surface area (Å²) in [6.45, 7) is 1.76. The van der Waals surface area contributed by atoms with Crippen LogP contribution >= 0.6 is 0 Å². The van der Waals surface area contributed by atoms with Crippen molar-refractivity contribution < 1.29 is 15.3 Å². The Bertz CT molecular complexity index is 904. The quantitative estimate of drug-likeness (QED) is 0.520. The summed E-state index contributed by atoms with van der Waals surface area (Å²) in [5.74, 6) is 0.169. The molecule has 118 valence electrons. The number of rotatable bonds is 1. The molecule has 0 saturated carbocycles. The van der Waals surface area contributed by atoms with Crippen LogP contribution in [0.2, 0.25) is 0 Å². The minimum absolute atomic E-state index is 0.0921. The molecule has 0 saturated heterocycles. The third-order valence-electron chi connectivity index (χ3n) is 4.84. The van der Waals surface area contributed by atoms with Crippen molar-refractivity contribution in [1.29, 1.82) is 0 Å². The molecule has 0 amide bonds. The molecule has 0 fully saturated rings. The van der Waals surface area contributed by atoms with Crippen LogP contribution in [0.15, 0.2) is 42.5 Å². The third-order valence-corrected chi connectivity index (χ3v) is 4.84. The summed E-state index contributed by atoms with van der Waals surface area (Å²) in [4.78, 5) is 0. The first kappa shape index (κ1) is 14.3. The molecule has 0 radical (unpaired) electrons. The van der Waals surface area contributed by atoms with E-state index in [1.54, 1.807) is 13.0 Å². The van der Waals surface area contributed by atoms with Crippen LogP contribution in [-0.2, 0) is 0 Å². The molecule has 4 nitrogen and oxygen atoms in total. The number of phenolic OH excluding ortho intramolecular Hbond substituents is 1. The van der Waals surface area contributed by atoms with Crippen LogP contribution in [0.1, 0.15) is 24.8 Å². The Kier molecular flexibility index (Phi) is 3.18. The van der Waals surface area contributed by atoms with Crippen molar-refractivity contribution in [2.45, 2.75) is 31.6 Å². The molecular formula is C19H19NO3. The van der Waals surface area contributed by atoms with E-state index in [9.17, 15) is 15.3 Å². The number of hydrogen-bond donors (Lipinski definition) is 4. The van der Waals surface area contributed by atoms with Gasteiger partial charge >= 0.3 is 0 Å². The van der Waals surface area contributed by atoms with Crippen LogP contribution in [0.3, 0.4) is 0 Å². The highest BCUT2D eigenvalue weighted by Gasteiger charge is 2.29. The molecule has 1 aliphatic heterocycles. The molecule has 3 unspecified atom stereocenters. The van der Waals surface area contributed by atoms with Gasteiger partial charge in [0.15, 0.2) is 0 Å². The third kappa shape index (κ3) is 2.14. The summed E-state index contributed by atoms with van der Waals surface area (Å²) in [5.41, 5.74) is 1.90. The topological polar surface area (TPSA) is 72.7 Å². The van der Waals surface area contributed by atoms with Gasteiger partial charge in [-0.1, -0.05) is 30.3 Å². The van der Waals surface area contributed by atoms with Crippen LogP contribution in [0.4, 0.5) is 5.69 Å². The Labute approximate surface area is 134 Å². The summed E-state index contributed by atoms with van der Waals surface area (Å²) in [6.07, 6.45) is -0.704. The van der Waals surface area contributed by atoms with E-state index < -0.39 is 12.3 Å². The number of aliphatic hydroxyl groups excluding tert-OH is 2. The Balaban J connectivity index is 2.04. The fourth-order valence-corrected chi connectivity index (χ4v) is 3.69. The molecule has 4 N–H and O–H groups in total. The van der Waals surface area contributed by atoms with Gasteiger partial charge in [-0.25, -0.2) is 0 Å². The van der Waals surface area contributed by atoms with Crippen LogP contribution in [0.5, 0.6) is 5.75 Å². The SMILES string of the molecule is CC(O)C1CC(O)Nc2c1ccc1c2ccc2c(O)cccc21. The summed E-state index contributed by atoms with van der Waals surface area (Å²) in [6, 6.07) is 13.4. The Morgan fingerprint density at radius 1 is 1.00 bits per heavy atom. The zero-order valence-corrected chi connectivity index (χ0v) is 12.8. The van der Waals surface area contributed by atoms with Crippen molar-refractivity contribution >= 4 is 27.2 Å². The number of fused-ring (bicyclic) bond motifs is 5. The fourth-order valence-electron chi connectivity index (χ4n) is 3.69. The van der Waals surface area contributed by atoms with Gasteiger partial charge in [0.25, 0.3) is 0 Å². The van der Waals surface area contributed by atoms with Gasteiger partial charge in [0, 0.05) is 28.8 Å².